The zero-order chi connectivity index (χ0) is 18.7. The Hall–Kier alpha value is -2.98. The first-order valence-electron chi connectivity index (χ1n) is 8.22. The van der Waals surface area contributed by atoms with E-state index in [1.807, 2.05) is 12.1 Å². The number of hydrogen-bond acceptors (Lipinski definition) is 5. The largest absolute Gasteiger partial charge is 0.326 e. The van der Waals surface area contributed by atoms with Crippen LogP contribution >= 0.6 is 11.3 Å². The summed E-state index contributed by atoms with van der Waals surface area (Å²) in [5.74, 6) is -2.69. The van der Waals surface area contributed by atoms with Gasteiger partial charge in [0.25, 0.3) is 0 Å². The van der Waals surface area contributed by atoms with Crippen LogP contribution in [0, 0.1) is 17.2 Å². The van der Waals surface area contributed by atoms with Crippen LogP contribution in [0.3, 0.4) is 0 Å². The molecule has 7 heteroatoms. The number of benzene rings is 1. The number of nitriles is 1. The van der Waals surface area contributed by atoms with Crippen molar-refractivity contribution in [2.24, 2.45) is 5.92 Å². The van der Waals surface area contributed by atoms with E-state index >= 15 is 0 Å². The molecule has 2 amide bonds. The lowest BCUT2D eigenvalue weighted by Crippen LogP contribution is -2.28. The second-order valence-electron chi connectivity index (χ2n) is 6.09. The number of nitrogens with zero attached hydrogens (tertiary/aromatic N) is 1. The van der Waals surface area contributed by atoms with E-state index in [2.05, 4.69) is 10.6 Å². The highest BCUT2D eigenvalue weighted by Crippen LogP contribution is 2.32. The average Bonchev–Trinajstić information content (AvgIpc) is 3.18. The van der Waals surface area contributed by atoms with Crippen LogP contribution in [0.25, 0.3) is 0 Å². The van der Waals surface area contributed by atoms with Crippen LogP contribution in [0.4, 0.5) is 11.4 Å². The van der Waals surface area contributed by atoms with Crippen LogP contribution in [0.1, 0.15) is 33.5 Å². The molecule has 1 aliphatic rings. The topological polar surface area (TPSA) is 99.1 Å². The maximum atomic E-state index is 12.6. The number of thiophene rings is 1. The van der Waals surface area contributed by atoms with Crippen molar-refractivity contribution < 1.29 is 14.4 Å². The number of anilines is 2. The Labute approximate surface area is 154 Å². The van der Waals surface area contributed by atoms with Gasteiger partial charge >= 0.3 is 0 Å². The number of aryl methyl sites for hydroxylation is 2. The second-order valence-corrected chi connectivity index (χ2v) is 7.22. The number of rotatable bonds is 5. The molecule has 2 aromatic rings. The van der Waals surface area contributed by atoms with Crippen molar-refractivity contribution >= 4 is 40.3 Å². The molecule has 1 heterocycles. The van der Waals surface area contributed by atoms with Gasteiger partial charge in [-0.1, -0.05) is 0 Å². The predicted octanol–water partition coefficient (Wildman–Crippen LogP) is 3.16. The fourth-order valence-corrected chi connectivity index (χ4v) is 4.11. The Bertz CT molecular complexity index is 888. The second kappa shape index (κ2) is 7.50. The van der Waals surface area contributed by atoms with Crippen molar-refractivity contribution in [2.75, 3.05) is 10.6 Å². The highest BCUT2D eigenvalue weighted by Gasteiger charge is 2.30. The highest BCUT2D eigenvalue weighted by atomic mass is 32.1. The third-order valence-electron chi connectivity index (χ3n) is 4.12. The number of nitrogens with one attached hydrogen (secondary N) is 2. The summed E-state index contributed by atoms with van der Waals surface area (Å²) in [4.78, 5) is 37.6. The third kappa shape index (κ3) is 3.81. The molecule has 1 aromatic heterocycles. The minimum atomic E-state index is -1.39. The summed E-state index contributed by atoms with van der Waals surface area (Å²) in [7, 11) is 0. The Morgan fingerprint density at radius 2 is 1.77 bits per heavy atom. The van der Waals surface area contributed by atoms with Gasteiger partial charge in [-0.2, -0.15) is 5.26 Å². The molecule has 6 nitrogen and oxygen atoms in total. The van der Waals surface area contributed by atoms with Crippen molar-refractivity contribution in [3.8, 4) is 6.07 Å². The van der Waals surface area contributed by atoms with E-state index in [-0.39, 0.29) is 5.91 Å². The zero-order valence-electron chi connectivity index (χ0n) is 14.2. The maximum absolute atomic E-state index is 12.6. The lowest BCUT2D eigenvalue weighted by atomic mass is 10.0. The van der Waals surface area contributed by atoms with E-state index in [4.69, 9.17) is 0 Å². The lowest BCUT2D eigenvalue weighted by Gasteiger charge is -2.10. The van der Waals surface area contributed by atoms with Crippen LogP contribution in [0.15, 0.2) is 30.3 Å². The Morgan fingerprint density at radius 1 is 1.12 bits per heavy atom. The van der Waals surface area contributed by atoms with Gasteiger partial charge < -0.3 is 10.6 Å². The van der Waals surface area contributed by atoms with Gasteiger partial charge in [-0.3, -0.25) is 14.4 Å². The number of Topliss-reactive ketones (excluding diaryl/α,β-unsaturated/α-hetero) is 1. The van der Waals surface area contributed by atoms with Gasteiger partial charge in [0.2, 0.25) is 11.8 Å². The monoisotopic (exact) mass is 367 g/mol. The van der Waals surface area contributed by atoms with Crippen molar-refractivity contribution in [2.45, 2.75) is 26.2 Å². The number of carbonyl (C=O) groups is 3. The molecule has 0 fully saturated rings. The van der Waals surface area contributed by atoms with Gasteiger partial charge in [0.15, 0.2) is 11.7 Å². The van der Waals surface area contributed by atoms with E-state index in [0.717, 1.165) is 24.8 Å². The van der Waals surface area contributed by atoms with Gasteiger partial charge in [-0.05, 0) is 55.2 Å². The SMILES string of the molecule is CC(=O)Nc1ccc(NC(=O)C(C#N)C(=O)c2cc3c(s2)CCC3)cc1. The number of ketones is 1. The number of amides is 2. The third-order valence-corrected chi connectivity index (χ3v) is 5.37. The highest BCUT2D eigenvalue weighted by molar-refractivity contribution is 7.14. The van der Waals surface area contributed by atoms with Gasteiger partial charge in [0, 0.05) is 23.2 Å². The average molecular weight is 367 g/mol. The van der Waals surface area contributed by atoms with Crippen LogP contribution < -0.4 is 10.6 Å². The van der Waals surface area contributed by atoms with Crippen molar-refractivity contribution in [3.05, 3.63) is 45.6 Å². The maximum Gasteiger partial charge on any atom is 0.249 e. The molecule has 0 saturated heterocycles. The molecule has 0 aliphatic heterocycles. The van der Waals surface area contributed by atoms with Gasteiger partial charge in [-0.25, -0.2) is 0 Å². The molecule has 1 aromatic carbocycles. The Morgan fingerprint density at radius 3 is 2.35 bits per heavy atom. The number of fused-ring (bicyclic) bond motifs is 1. The number of hydrogen-bond donors (Lipinski definition) is 2. The van der Waals surface area contributed by atoms with Gasteiger partial charge in [0.05, 0.1) is 10.9 Å². The first kappa shape index (κ1) is 17.8. The van der Waals surface area contributed by atoms with E-state index in [9.17, 15) is 19.6 Å². The molecule has 0 spiro atoms. The summed E-state index contributed by atoms with van der Waals surface area (Å²) >= 11 is 1.38. The first-order chi connectivity index (χ1) is 12.5. The van der Waals surface area contributed by atoms with Crippen molar-refractivity contribution in [1.29, 1.82) is 5.26 Å². The molecule has 2 N–H and O–H groups in total. The van der Waals surface area contributed by atoms with Gasteiger partial charge in [-0.15, -0.1) is 11.3 Å². The van der Waals surface area contributed by atoms with Crippen LogP contribution in [-0.4, -0.2) is 17.6 Å². The van der Waals surface area contributed by atoms with Crippen molar-refractivity contribution in [1.82, 2.24) is 0 Å². The number of carbonyl (C=O) groups excluding carboxylic acids is 3. The summed E-state index contributed by atoms with van der Waals surface area (Å²) in [6.45, 7) is 1.40. The van der Waals surface area contributed by atoms with Gasteiger partial charge in [0.1, 0.15) is 0 Å². The zero-order valence-corrected chi connectivity index (χ0v) is 15.0. The molecule has 1 unspecified atom stereocenters. The first-order valence-corrected chi connectivity index (χ1v) is 9.03. The van der Waals surface area contributed by atoms with E-state index in [1.165, 1.54) is 23.1 Å². The summed E-state index contributed by atoms with van der Waals surface area (Å²) < 4.78 is 0. The van der Waals surface area contributed by atoms with E-state index in [0.29, 0.717) is 16.3 Å². The minimum Gasteiger partial charge on any atom is -0.326 e. The van der Waals surface area contributed by atoms with Crippen LogP contribution in [0.5, 0.6) is 0 Å². The molecule has 0 bridgehead atoms. The molecule has 0 radical (unpaired) electrons. The summed E-state index contributed by atoms with van der Waals surface area (Å²) in [5, 5.41) is 14.5. The Balaban J connectivity index is 1.69. The van der Waals surface area contributed by atoms with E-state index in [1.54, 1.807) is 24.3 Å². The fourth-order valence-electron chi connectivity index (χ4n) is 2.88. The summed E-state index contributed by atoms with van der Waals surface area (Å²) in [6.07, 6.45) is 2.99. The lowest BCUT2D eigenvalue weighted by molar-refractivity contribution is -0.117. The fraction of sp³-hybridized carbons (Fsp3) is 0.263. The molecule has 3 rings (SSSR count). The molecular formula is C19H17N3O3S. The van der Waals surface area contributed by atoms with E-state index < -0.39 is 17.6 Å². The Kier molecular flexibility index (Phi) is 5.14. The summed E-state index contributed by atoms with van der Waals surface area (Å²) in [6, 6.07) is 10.1. The molecule has 0 saturated carbocycles. The normalized spacial score (nSPS) is 13.4. The quantitative estimate of drug-likeness (QED) is 0.626. The molecule has 1 atom stereocenters. The minimum absolute atomic E-state index is 0.195. The molecule has 1 aliphatic carbocycles. The summed E-state index contributed by atoms with van der Waals surface area (Å²) in [5.41, 5.74) is 2.20. The van der Waals surface area contributed by atoms with Crippen molar-refractivity contribution in [3.63, 3.8) is 0 Å². The predicted molar refractivity (Wildman–Crippen MR) is 99.2 cm³/mol. The van der Waals surface area contributed by atoms with Crippen LogP contribution in [0.2, 0.25) is 0 Å². The smallest absolute Gasteiger partial charge is 0.249 e. The molecule has 26 heavy (non-hydrogen) atoms. The standard InChI is InChI=1S/C19H17N3O3S/c1-11(23)21-13-5-7-14(8-6-13)22-19(25)15(10-20)18(24)17-9-12-3-2-4-16(12)26-17/h5-9,15H,2-4H2,1H3,(H,21,23)(H,22,25). The van der Waals surface area contributed by atoms with Crippen LogP contribution in [-0.2, 0) is 22.4 Å². The molecular weight excluding hydrogens is 350 g/mol. The molecule has 132 valence electrons.